The highest BCUT2D eigenvalue weighted by atomic mass is 16.6. The van der Waals surface area contributed by atoms with Gasteiger partial charge in [0.05, 0.1) is 19.3 Å². The van der Waals surface area contributed by atoms with Crippen molar-refractivity contribution in [1.29, 1.82) is 0 Å². The first-order valence-corrected chi connectivity index (χ1v) is 4.74. The maximum atomic E-state index is 11.4. The van der Waals surface area contributed by atoms with Crippen molar-refractivity contribution < 1.29 is 9.53 Å². The standard InChI is InChI=1S/C9H13N3O2/c1-2-14-9(13)12-4-3-8-7(6-12)5-10-11-8/h5H,2-4,6H2,1H3,(H,10,11). The molecule has 0 fully saturated rings. The molecule has 1 amide bonds. The van der Waals surface area contributed by atoms with E-state index in [0.29, 0.717) is 19.7 Å². The molecule has 0 bridgehead atoms. The van der Waals surface area contributed by atoms with Gasteiger partial charge >= 0.3 is 6.09 Å². The van der Waals surface area contributed by atoms with Crippen LogP contribution in [0.1, 0.15) is 18.2 Å². The largest absolute Gasteiger partial charge is 0.450 e. The van der Waals surface area contributed by atoms with E-state index < -0.39 is 0 Å². The molecule has 14 heavy (non-hydrogen) atoms. The maximum Gasteiger partial charge on any atom is 0.410 e. The number of carbonyl (C=O) groups is 1. The van der Waals surface area contributed by atoms with Crippen molar-refractivity contribution in [3.8, 4) is 0 Å². The minimum Gasteiger partial charge on any atom is -0.450 e. The normalized spacial score (nSPS) is 15.1. The second-order valence-corrected chi connectivity index (χ2v) is 3.24. The number of nitrogens with zero attached hydrogens (tertiary/aromatic N) is 2. The van der Waals surface area contributed by atoms with Crippen molar-refractivity contribution in [2.24, 2.45) is 0 Å². The predicted octanol–water partition coefficient (Wildman–Crippen LogP) is 0.924. The summed E-state index contributed by atoms with van der Waals surface area (Å²) in [7, 11) is 0. The molecule has 1 aliphatic rings. The Hall–Kier alpha value is -1.52. The van der Waals surface area contributed by atoms with Crippen molar-refractivity contribution in [2.45, 2.75) is 19.9 Å². The molecule has 5 nitrogen and oxygen atoms in total. The molecule has 0 unspecified atom stereocenters. The fourth-order valence-corrected chi connectivity index (χ4v) is 1.59. The number of fused-ring (bicyclic) bond motifs is 1. The van der Waals surface area contributed by atoms with E-state index in [1.54, 1.807) is 11.1 Å². The van der Waals surface area contributed by atoms with Gasteiger partial charge in [-0.25, -0.2) is 4.79 Å². The third-order valence-corrected chi connectivity index (χ3v) is 2.33. The summed E-state index contributed by atoms with van der Waals surface area (Å²) in [5.74, 6) is 0. The van der Waals surface area contributed by atoms with E-state index in [1.807, 2.05) is 6.92 Å². The molecule has 0 saturated carbocycles. The average molecular weight is 195 g/mol. The monoisotopic (exact) mass is 195 g/mol. The number of nitrogens with one attached hydrogen (secondary N) is 1. The molecule has 2 heterocycles. The van der Waals surface area contributed by atoms with Gasteiger partial charge in [-0.3, -0.25) is 5.10 Å². The van der Waals surface area contributed by atoms with Crippen LogP contribution in [0.25, 0.3) is 0 Å². The average Bonchev–Trinajstić information content (AvgIpc) is 2.64. The lowest BCUT2D eigenvalue weighted by molar-refractivity contribution is 0.102. The Balaban J connectivity index is 2.04. The van der Waals surface area contributed by atoms with Gasteiger partial charge < -0.3 is 9.64 Å². The van der Waals surface area contributed by atoms with Gasteiger partial charge in [0.15, 0.2) is 0 Å². The first-order valence-electron chi connectivity index (χ1n) is 4.74. The van der Waals surface area contributed by atoms with Crippen LogP contribution in [0.5, 0.6) is 0 Å². The van der Waals surface area contributed by atoms with E-state index in [0.717, 1.165) is 17.7 Å². The number of carbonyl (C=O) groups excluding carboxylic acids is 1. The van der Waals surface area contributed by atoms with Crippen LogP contribution in [0.3, 0.4) is 0 Å². The Labute approximate surface area is 82.0 Å². The Bertz CT molecular complexity index is 335. The molecule has 76 valence electrons. The van der Waals surface area contributed by atoms with E-state index in [-0.39, 0.29) is 6.09 Å². The molecule has 1 aromatic rings. The van der Waals surface area contributed by atoms with Crippen molar-refractivity contribution in [1.82, 2.24) is 15.1 Å². The van der Waals surface area contributed by atoms with Crippen LogP contribution < -0.4 is 0 Å². The molecule has 0 aromatic carbocycles. The highest BCUT2D eigenvalue weighted by Crippen LogP contribution is 2.16. The zero-order valence-electron chi connectivity index (χ0n) is 8.12. The lowest BCUT2D eigenvalue weighted by Gasteiger charge is -2.25. The molecule has 1 aliphatic heterocycles. The van der Waals surface area contributed by atoms with Crippen molar-refractivity contribution >= 4 is 6.09 Å². The van der Waals surface area contributed by atoms with Crippen LogP contribution in [-0.2, 0) is 17.7 Å². The molecule has 5 heteroatoms. The number of hydrogen-bond donors (Lipinski definition) is 1. The molecule has 2 rings (SSSR count). The number of H-pyrrole nitrogens is 1. The summed E-state index contributed by atoms with van der Waals surface area (Å²) in [6, 6.07) is 0. The number of hydrogen-bond acceptors (Lipinski definition) is 3. The summed E-state index contributed by atoms with van der Waals surface area (Å²) in [5.41, 5.74) is 2.22. The van der Waals surface area contributed by atoms with Crippen LogP contribution in [0.15, 0.2) is 6.20 Å². The van der Waals surface area contributed by atoms with Crippen LogP contribution >= 0.6 is 0 Å². The highest BCUT2D eigenvalue weighted by Gasteiger charge is 2.22. The number of aromatic nitrogens is 2. The third kappa shape index (κ3) is 1.57. The van der Waals surface area contributed by atoms with Crippen molar-refractivity contribution in [2.75, 3.05) is 13.2 Å². The van der Waals surface area contributed by atoms with Gasteiger partial charge in [-0.05, 0) is 6.92 Å². The Morgan fingerprint density at radius 3 is 3.43 bits per heavy atom. The topological polar surface area (TPSA) is 58.2 Å². The smallest absolute Gasteiger partial charge is 0.410 e. The number of aromatic amines is 1. The van der Waals surface area contributed by atoms with Gasteiger partial charge in [-0.2, -0.15) is 5.10 Å². The maximum absolute atomic E-state index is 11.4. The number of rotatable bonds is 1. The molecular formula is C9H13N3O2. The summed E-state index contributed by atoms with van der Waals surface area (Å²) in [6.45, 7) is 3.54. The zero-order chi connectivity index (χ0) is 9.97. The predicted molar refractivity (Wildman–Crippen MR) is 49.7 cm³/mol. The quantitative estimate of drug-likeness (QED) is 0.725. The van der Waals surface area contributed by atoms with Gasteiger partial charge in [0.25, 0.3) is 0 Å². The molecule has 0 saturated heterocycles. The second kappa shape index (κ2) is 3.69. The molecule has 0 spiro atoms. The molecule has 0 aliphatic carbocycles. The van der Waals surface area contributed by atoms with Gasteiger partial charge in [0.2, 0.25) is 0 Å². The Morgan fingerprint density at radius 1 is 1.79 bits per heavy atom. The summed E-state index contributed by atoms with van der Waals surface area (Å²) in [5, 5.41) is 6.86. The third-order valence-electron chi connectivity index (χ3n) is 2.33. The van der Waals surface area contributed by atoms with Crippen LogP contribution in [0.2, 0.25) is 0 Å². The number of amides is 1. The van der Waals surface area contributed by atoms with E-state index in [4.69, 9.17) is 4.74 Å². The minimum atomic E-state index is -0.237. The van der Waals surface area contributed by atoms with Gasteiger partial charge in [-0.1, -0.05) is 0 Å². The van der Waals surface area contributed by atoms with Crippen molar-refractivity contribution in [3.63, 3.8) is 0 Å². The summed E-state index contributed by atoms with van der Waals surface area (Å²) >= 11 is 0. The summed E-state index contributed by atoms with van der Waals surface area (Å²) in [4.78, 5) is 13.1. The Kier molecular flexibility index (Phi) is 2.39. The van der Waals surface area contributed by atoms with Gasteiger partial charge in [-0.15, -0.1) is 0 Å². The highest BCUT2D eigenvalue weighted by molar-refractivity contribution is 5.68. The lowest BCUT2D eigenvalue weighted by Crippen LogP contribution is -2.36. The minimum absolute atomic E-state index is 0.237. The van der Waals surface area contributed by atoms with Gasteiger partial charge in [0.1, 0.15) is 0 Å². The second-order valence-electron chi connectivity index (χ2n) is 3.24. The van der Waals surface area contributed by atoms with E-state index in [9.17, 15) is 4.79 Å². The first-order chi connectivity index (χ1) is 6.81. The van der Waals surface area contributed by atoms with E-state index in [2.05, 4.69) is 10.2 Å². The SMILES string of the molecule is CCOC(=O)N1CCc2[nH]ncc2C1. The van der Waals surface area contributed by atoms with Crippen LogP contribution in [-0.4, -0.2) is 34.3 Å². The first kappa shape index (κ1) is 9.05. The fraction of sp³-hybridized carbons (Fsp3) is 0.556. The summed E-state index contributed by atoms with van der Waals surface area (Å²) < 4.78 is 4.93. The van der Waals surface area contributed by atoms with Gasteiger partial charge in [0, 0.05) is 24.2 Å². The van der Waals surface area contributed by atoms with E-state index in [1.165, 1.54) is 0 Å². The lowest BCUT2D eigenvalue weighted by atomic mass is 10.1. The number of ether oxygens (including phenoxy) is 1. The van der Waals surface area contributed by atoms with Crippen LogP contribution in [0, 0.1) is 0 Å². The Morgan fingerprint density at radius 2 is 2.64 bits per heavy atom. The molecule has 0 atom stereocenters. The molecule has 1 aromatic heterocycles. The zero-order valence-corrected chi connectivity index (χ0v) is 8.12. The van der Waals surface area contributed by atoms with Crippen LogP contribution in [0.4, 0.5) is 4.79 Å². The summed E-state index contributed by atoms with van der Waals surface area (Å²) in [6.07, 6.45) is 2.36. The fourth-order valence-electron chi connectivity index (χ4n) is 1.59. The van der Waals surface area contributed by atoms with E-state index >= 15 is 0 Å². The molecule has 1 N–H and O–H groups in total. The molecule has 0 radical (unpaired) electrons. The van der Waals surface area contributed by atoms with Crippen molar-refractivity contribution in [3.05, 3.63) is 17.5 Å². The molecular weight excluding hydrogens is 182 g/mol.